The van der Waals surface area contributed by atoms with Crippen LogP contribution >= 0.6 is 0 Å². The minimum absolute atomic E-state index is 0.203. The molecule has 0 aliphatic rings. The number of hydrogen-bond donors (Lipinski definition) is 1. The van der Waals surface area contributed by atoms with Gasteiger partial charge < -0.3 is 10.2 Å². The van der Waals surface area contributed by atoms with Crippen molar-refractivity contribution in [2.24, 2.45) is 7.05 Å². The summed E-state index contributed by atoms with van der Waals surface area (Å²) in [5, 5.41) is 4.33. The van der Waals surface area contributed by atoms with E-state index in [4.69, 9.17) is 10.2 Å². The van der Waals surface area contributed by atoms with Crippen molar-refractivity contribution in [2.45, 2.75) is 0 Å². The van der Waals surface area contributed by atoms with Crippen molar-refractivity contribution in [1.82, 2.24) is 14.8 Å². The van der Waals surface area contributed by atoms with Crippen molar-refractivity contribution in [3.63, 3.8) is 0 Å². The standard InChI is InChI=1S/C12H10N4O2/c1-16-10-8(6-14-16)12(17)18-11(15-10)7-4-2-3-5-9(7)13/h2-6H,13H2,1H3. The fourth-order valence-corrected chi connectivity index (χ4v) is 1.78. The Morgan fingerprint density at radius 2 is 2.11 bits per heavy atom. The van der Waals surface area contributed by atoms with Gasteiger partial charge in [-0.15, -0.1) is 0 Å². The minimum atomic E-state index is -0.466. The van der Waals surface area contributed by atoms with E-state index >= 15 is 0 Å². The lowest BCUT2D eigenvalue weighted by atomic mass is 10.2. The van der Waals surface area contributed by atoms with E-state index in [1.165, 1.54) is 10.9 Å². The van der Waals surface area contributed by atoms with Gasteiger partial charge in [0.1, 0.15) is 5.39 Å². The zero-order chi connectivity index (χ0) is 12.7. The van der Waals surface area contributed by atoms with E-state index in [2.05, 4.69) is 10.1 Å². The molecular formula is C12H10N4O2. The molecule has 3 rings (SSSR count). The number of nitrogens with zero attached hydrogens (tertiary/aromatic N) is 3. The summed E-state index contributed by atoms with van der Waals surface area (Å²) < 4.78 is 6.69. The molecule has 3 aromatic rings. The lowest BCUT2D eigenvalue weighted by molar-refractivity contribution is 0.517. The van der Waals surface area contributed by atoms with Crippen molar-refractivity contribution in [3.05, 3.63) is 40.9 Å². The first kappa shape index (κ1) is 10.5. The molecule has 0 bridgehead atoms. The van der Waals surface area contributed by atoms with Crippen LogP contribution in [-0.4, -0.2) is 14.8 Å². The zero-order valence-electron chi connectivity index (χ0n) is 9.62. The van der Waals surface area contributed by atoms with Crippen LogP contribution in [0, 0.1) is 0 Å². The quantitative estimate of drug-likeness (QED) is 0.647. The molecule has 6 nitrogen and oxygen atoms in total. The Bertz CT molecular complexity index is 788. The van der Waals surface area contributed by atoms with Crippen LogP contribution < -0.4 is 11.4 Å². The predicted octanol–water partition coefficient (Wildman–Crippen LogP) is 1.17. The molecule has 90 valence electrons. The third kappa shape index (κ3) is 1.46. The highest BCUT2D eigenvalue weighted by molar-refractivity contribution is 5.77. The van der Waals surface area contributed by atoms with Gasteiger partial charge in [0.2, 0.25) is 5.89 Å². The van der Waals surface area contributed by atoms with Gasteiger partial charge >= 0.3 is 5.63 Å². The van der Waals surface area contributed by atoms with Crippen LogP contribution in [0.1, 0.15) is 0 Å². The summed E-state index contributed by atoms with van der Waals surface area (Å²) in [6.07, 6.45) is 1.44. The van der Waals surface area contributed by atoms with E-state index in [0.29, 0.717) is 22.3 Å². The Labute approximate surface area is 102 Å². The summed E-state index contributed by atoms with van der Waals surface area (Å²) in [5.74, 6) is 0.203. The molecule has 0 saturated carbocycles. The van der Waals surface area contributed by atoms with Gasteiger partial charge in [-0.2, -0.15) is 10.1 Å². The second-order valence-corrected chi connectivity index (χ2v) is 3.90. The predicted molar refractivity (Wildman–Crippen MR) is 66.9 cm³/mol. The van der Waals surface area contributed by atoms with Gasteiger partial charge in [-0.1, -0.05) is 12.1 Å². The molecule has 2 aromatic heterocycles. The molecule has 0 radical (unpaired) electrons. The molecule has 0 spiro atoms. The van der Waals surface area contributed by atoms with Crippen LogP contribution in [0.25, 0.3) is 22.5 Å². The zero-order valence-corrected chi connectivity index (χ0v) is 9.62. The number of para-hydroxylation sites is 1. The first-order valence-electron chi connectivity index (χ1n) is 5.34. The van der Waals surface area contributed by atoms with Crippen LogP contribution in [0.4, 0.5) is 5.69 Å². The molecule has 0 atom stereocenters. The van der Waals surface area contributed by atoms with Crippen molar-refractivity contribution in [3.8, 4) is 11.5 Å². The first-order chi connectivity index (χ1) is 8.66. The largest absolute Gasteiger partial charge is 0.403 e. The Kier molecular flexibility index (Phi) is 2.16. The average Bonchev–Trinajstić information content (AvgIpc) is 2.72. The van der Waals surface area contributed by atoms with Crippen molar-refractivity contribution >= 4 is 16.7 Å². The number of fused-ring (bicyclic) bond motifs is 1. The molecule has 1 aromatic carbocycles. The summed E-state index contributed by atoms with van der Waals surface area (Å²) in [5.41, 5.74) is 6.95. The smallest absolute Gasteiger partial charge is 0.350 e. The first-order valence-corrected chi connectivity index (χ1v) is 5.34. The third-order valence-corrected chi connectivity index (χ3v) is 2.72. The fraction of sp³-hybridized carbons (Fsp3) is 0.0833. The summed E-state index contributed by atoms with van der Waals surface area (Å²) in [4.78, 5) is 16.1. The van der Waals surface area contributed by atoms with Gasteiger partial charge in [-0.25, -0.2) is 4.79 Å². The normalized spacial score (nSPS) is 10.9. The summed E-state index contributed by atoms with van der Waals surface area (Å²) >= 11 is 0. The number of rotatable bonds is 1. The van der Waals surface area contributed by atoms with Crippen molar-refractivity contribution in [2.75, 3.05) is 5.73 Å². The maximum Gasteiger partial charge on any atom is 0.350 e. The second kappa shape index (κ2) is 3.69. The molecule has 0 unspecified atom stereocenters. The van der Waals surface area contributed by atoms with Gasteiger partial charge in [0.15, 0.2) is 5.65 Å². The number of hydrogen-bond acceptors (Lipinski definition) is 5. The van der Waals surface area contributed by atoms with Gasteiger partial charge in [0, 0.05) is 12.7 Å². The molecular weight excluding hydrogens is 232 g/mol. The van der Waals surface area contributed by atoms with Gasteiger partial charge in [-0.05, 0) is 12.1 Å². The van der Waals surface area contributed by atoms with E-state index < -0.39 is 5.63 Å². The Morgan fingerprint density at radius 3 is 2.89 bits per heavy atom. The highest BCUT2D eigenvalue weighted by atomic mass is 16.4. The monoisotopic (exact) mass is 242 g/mol. The molecule has 0 saturated heterocycles. The topological polar surface area (TPSA) is 86.9 Å². The molecule has 2 N–H and O–H groups in total. The number of aryl methyl sites for hydroxylation is 1. The van der Waals surface area contributed by atoms with Gasteiger partial charge in [0.25, 0.3) is 0 Å². The molecule has 0 fully saturated rings. The molecule has 18 heavy (non-hydrogen) atoms. The van der Waals surface area contributed by atoms with Crippen LogP contribution in [0.3, 0.4) is 0 Å². The number of nitrogens with two attached hydrogens (primary N) is 1. The summed E-state index contributed by atoms with van der Waals surface area (Å²) in [7, 11) is 1.72. The Morgan fingerprint density at radius 1 is 1.33 bits per heavy atom. The molecule has 0 amide bonds. The highest BCUT2D eigenvalue weighted by Gasteiger charge is 2.13. The number of aromatic nitrogens is 3. The third-order valence-electron chi connectivity index (χ3n) is 2.72. The second-order valence-electron chi connectivity index (χ2n) is 3.90. The SMILES string of the molecule is Cn1ncc2c(=O)oc(-c3ccccc3N)nc21. The van der Waals surface area contributed by atoms with E-state index in [1.807, 2.05) is 0 Å². The lowest BCUT2D eigenvalue weighted by Gasteiger charge is -2.03. The Balaban J connectivity index is 2.34. The minimum Gasteiger partial charge on any atom is -0.403 e. The number of nitrogen functional groups attached to an aromatic ring is 1. The van der Waals surface area contributed by atoms with Crippen LogP contribution in [0.15, 0.2) is 39.7 Å². The van der Waals surface area contributed by atoms with Crippen LogP contribution in [0.5, 0.6) is 0 Å². The van der Waals surface area contributed by atoms with E-state index in [1.54, 1.807) is 31.3 Å². The van der Waals surface area contributed by atoms with Crippen molar-refractivity contribution in [1.29, 1.82) is 0 Å². The van der Waals surface area contributed by atoms with E-state index in [9.17, 15) is 4.79 Å². The average molecular weight is 242 g/mol. The number of anilines is 1. The van der Waals surface area contributed by atoms with Gasteiger partial charge in [0.05, 0.1) is 11.8 Å². The maximum atomic E-state index is 11.8. The Hall–Kier alpha value is -2.63. The van der Waals surface area contributed by atoms with E-state index in [-0.39, 0.29) is 5.89 Å². The van der Waals surface area contributed by atoms with E-state index in [0.717, 1.165) is 0 Å². The summed E-state index contributed by atoms with van der Waals surface area (Å²) in [6.45, 7) is 0. The number of benzene rings is 1. The van der Waals surface area contributed by atoms with Crippen LogP contribution in [0.2, 0.25) is 0 Å². The fourth-order valence-electron chi connectivity index (χ4n) is 1.78. The lowest BCUT2D eigenvalue weighted by Crippen LogP contribution is -2.04. The molecule has 0 aliphatic carbocycles. The van der Waals surface area contributed by atoms with Crippen LogP contribution in [-0.2, 0) is 7.05 Å². The summed E-state index contributed by atoms with van der Waals surface area (Å²) in [6, 6.07) is 7.09. The molecule has 6 heteroatoms. The van der Waals surface area contributed by atoms with Crippen molar-refractivity contribution < 1.29 is 4.42 Å². The van der Waals surface area contributed by atoms with Gasteiger partial charge in [-0.3, -0.25) is 4.68 Å². The molecule has 0 aliphatic heterocycles. The highest BCUT2D eigenvalue weighted by Crippen LogP contribution is 2.23. The maximum absolute atomic E-state index is 11.8. The molecule has 2 heterocycles.